The summed E-state index contributed by atoms with van der Waals surface area (Å²) in [6.45, 7) is 2.21. The van der Waals surface area contributed by atoms with E-state index in [0.717, 1.165) is 12.8 Å². The van der Waals surface area contributed by atoms with Gasteiger partial charge in [-0.2, -0.15) is 0 Å². The smallest absolute Gasteiger partial charge is 0.183 e. The molecule has 0 rings (SSSR count). The topological polar surface area (TPSA) is 69.9 Å². The molecule has 0 aromatic carbocycles. The summed E-state index contributed by atoms with van der Waals surface area (Å²) in [5, 5.41) is 26.9. The van der Waals surface area contributed by atoms with Gasteiger partial charge in [0.2, 0.25) is 0 Å². The van der Waals surface area contributed by atoms with E-state index in [9.17, 15) is 5.11 Å². The first-order valence-corrected chi connectivity index (χ1v) is 8.31. The molecule has 0 fully saturated rings. The van der Waals surface area contributed by atoms with Crippen LogP contribution in [0.4, 0.5) is 0 Å². The highest BCUT2D eigenvalue weighted by atomic mass is 16.6. The molecule has 0 aliphatic rings. The summed E-state index contributed by atoms with van der Waals surface area (Å²) >= 11 is 0. The molecule has 4 nitrogen and oxygen atoms in total. The lowest BCUT2D eigenvalue weighted by Gasteiger charge is -2.15. The van der Waals surface area contributed by atoms with Gasteiger partial charge in [-0.05, 0) is 6.42 Å². The zero-order valence-electron chi connectivity index (χ0n) is 13.1. The Labute approximate surface area is 124 Å². The van der Waals surface area contributed by atoms with Crippen molar-refractivity contribution in [1.29, 1.82) is 0 Å². The van der Waals surface area contributed by atoms with Crippen LogP contribution >= 0.6 is 0 Å². The Kier molecular flexibility index (Phi) is 15.1. The number of rotatable bonds is 15. The molecule has 0 aliphatic carbocycles. The molecule has 0 radical (unpaired) electrons. The van der Waals surface area contributed by atoms with Crippen molar-refractivity contribution in [2.24, 2.45) is 0 Å². The normalized spacial score (nSPS) is 14.4. The van der Waals surface area contributed by atoms with Gasteiger partial charge in [0.05, 0.1) is 6.61 Å². The molecule has 0 spiro atoms. The van der Waals surface area contributed by atoms with Crippen molar-refractivity contribution >= 4 is 0 Å². The van der Waals surface area contributed by atoms with E-state index in [1.807, 2.05) is 0 Å². The van der Waals surface area contributed by atoms with Gasteiger partial charge in [0.15, 0.2) is 6.29 Å². The van der Waals surface area contributed by atoms with Crippen LogP contribution in [-0.2, 0) is 4.74 Å². The van der Waals surface area contributed by atoms with Crippen LogP contribution < -0.4 is 0 Å². The van der Waals surface area contributed by atoms with E-state index in [1.165, 1.54) is 57.8 Å². The summed E-state index contributed by atoms with van der Waals surface area (Å²) < 4.78 is 5.02. The number of ether oxygens (including phenoxy) is 1. The van der Waals surface area contributed by atoms with Crippen LogP contribution in [0.2, 0.25) is 0 Å². The lowest BCUT2D eigenvalue weighted by atomic mass is 10.1. The molecule has 0 aliphatic heterocycles. The Morgan fingerprint density at radius 2 is 1.20 bits per heavy atom. The number of hydrogen-bond acceptors (Lipinski definition) is 4. The molecule has 0 aromatic rings. The highest BCUT2D eigenvalue weighted by Crippen LogP contribution is 2.11. The Hall–Kier alpha value is -0.160. The molecular weight excluding hydrogens is 256 g/mol. The molecular formula is C16H34O4. The predicted molar refractivity (Wildman–Crippen MR) is 81.5 cm³/mol. The van der Waals surface area contributed by atoms with Crippen LogP contribution in [0, 0.1) is 0 Å². The molecule has 0 aromatic heterocycles. The van der Waals surface area contributed by atoms with Crippen LogP contribution in [0.5, 0.6) is 0 Å². The van der Waals surface area contributed by atoms with Gasteiger partial charge in [0.1, 0.15) is 6.10 Å². The molecule has 20 heavy (non-hydrogen) atoms. The van der Waals surface area contributed by atoms with E-state index >= 15 is 0 Å². The third-order valence-corrected chi connectivity index (χ3v) is 3.55. The quantitative estimate of drug-likeness (QED) is 0.320. The molecule has 0 amide bonds. The van der Waals surface area contributed by atoms with E-state index in [1.54, 1.807) is 0 Å². The van der Waals surface area contributed by atoms with Crippen molar-refractivity contribution in [3.63, 3.8) is 0 Å². The number of aliphatic hydroxyl groups excluding tert-OH is 3. The van der Waals surface area contributed by atoms with Gasteiger partial charge in [0.25, 0.3) is 0 Å². The largest absolute Gasteiger partial charge is 0.393 e. The maximum atomic E-state index is 9.25. The SMILES string of the molecule is CCCCCCCCCCCCCOC(O)C(O)CO. The zero-order chi connectivity index (χ0) is 15.1. The molecule has 0 heterocycles. The summed E-state index contributed by atoms with van der Waals surface area (Å²) in [5.41, 5.74) is 0. The second-order valence-corrected chi connectivity index (χ2v) is 5.55. The van der Waals surface area contributed by atoms with Crippen molar-refractivity contribution in [1.82, 2.24) is 0 Å². The average Bonchev–Trinajstić information content (AvgIpc) is 2.47. The van der Waals surface area contributed by atoms with Crippen LogP contribution in [0.3, 0.4) is 0 Å². The van der Waals surface area contributed by atoms with Crippen molar-refractivity contribution in [3.8, 4) is 0 Å². The van der Waals surface area contributed by atoms with E-state index < -0.39 is 19.0 Å². The van der Waals surface area contributed by atoms with Crippen molar-refractivity contribution in [2.45, 2.75) is 89.9 Å². The maximum absolute atomic E-state index is 9.25. The first-order valence-electron chi connectivity index (χ1n) is 8.31. The lowest BCUT2D eigenvalue weighted by Crippen LogP contribution is -2.31. The fourth-order valence-corrected chi connectivity index (χ4v) is 2.17. The van der Waals surface area contributed by atoms with E-state index in [-0.39, 0.29) is 0 Å². The lowest BCUT2D eigenvalue weighted by molar-refractivity contribution is -0.171. The first-order chi connectivity index (χ1) is 9.72. The Morgan fingerprint density at radius 1 is 0.750 bits per heavy atom. The molecule has 3 N–H and O–H groups in total. The van der Waals surface area contributed by atoms with E-state index in [2.05, 4.69) is 6.92 Å². The molecule has 0 saturated heterocycles. The summed E-state index contributed by atoms with van der Waals surface area (Å²) in [6, 6.07) is 0. The highest BCUT2D eigenvalue weighted by Gasteiger charge is 2.14. The van der Waals surface area contributed by atoms with Gasteiger partial charge in [-0.3, -0.25) is 0 Å². The Morgan fingerprint density at radius 3 is 1.65 bits per heavy atom. The first kappa shape index (κ1) is 19.8. The van der Waals surface area contributed by atoms with Gasteiger partial charge >= 0.3 is 0 Å². The minimum atomic E-state index is -1.26. The average molecular weight is 290 g/mol. The summed E-state index contributed by atoms with van der Waals surface area (Å²) in [4.78, 5) is 0. The fraction of sp³-hybridized carbons (Fsp3) is 1.00. The van der Waals surface area contributed by atoms with E-state index in [0.29, 0.717) is 6.61 Å². The molecule has 0 bridgehead atoms. The minimum absolute atomic E-state index is 0.440. The second-order valence-electron chi connectivity index (χ2n) is 5.55. The predicted octanol–water partition coefficient (Wildman–Crippen LogP) is 2.99. The van der Waals surface area contributed by atoms with E-state index in [4.69, 9.17) is 14.9 Å². The van der Waals surface area contributed by atoms with Crippen molar-refractivity contribution < 1.29 is 20.1 Å². The Bertz CT molecular complexity index is 187. The Balaban J connectivity index is 3.10. The third-order valence-electron chi connectivity index (χ3n) is 3.55. The van der Waals surface area contributed by atoms with Gasteiger partial charge in [-0.25, -0.2) is 0 Å². The summed E-state index contributed by atoms with van der Waals surface area (Å²) in [7, 11) is 0. The molecule has 0 saturated carbocycles. The van der Waals surface area contributed by atoms with Gasteiger partial charge in [-0.1, -0.05) is 71.1 Å². The third kappa shape index (κ3) is 12.9. The van der Waals surface area contributed by atoms with Gasteiger partial charge in [0, 0.05) is 6.61 Å². The number of aliphatic hydroxyl groups is 3. The summed E-state index contributed by atoms with van der Waals surface area (Å²) in [6.07, 6.45) is 11.5. The van der Waals surface area contributed by atoms with Crippen LogP contribution in [0.15, 0.2) is 0 Å². The molecule has 2 unspecified atom stereocenters. The zero-order valence-corrected chi connectivity index (χ0v) is 13.1. The van der Waals surface area contributed by atoms with Crippen LogP contribution in [-0.4, -0.2) is 40.9 Å². The molecule has 122 valence electrons. The standard InChI is InChI=1S/C16H34O4/c1-2-3-4-5-6-7-8-9-10-11-12-13-20-16(19)15(18)14-17/h15-19H,2-14H2,1H3. The summed E-state index contributed by atoms with van der Waals surface area (Å²) in [5.74, 6) is 0. The minimum Gasteiger partial charge on any atom is -0.393 e. The maximum Gasteiger partial charge on any atom is 0.183 e. The van der Waals surface area contributed by atoms with Crippen molar-refractivity contribution in [2.75, 3.05) is 13.2 Å². The highest BCUT2D eigenvalue weighted by molar-refractivity contribution is 4.55. The monoisotopic (exact) mass is 290 g/mol. The van der Waals surface area contributed by atoms with Crippen molar-refractivity contribution in [3.05, 3.63) is 0 Å². The molecule has 4 heteroatoms. The van der Waals surface area contributed by atoms with Crippen LogP contribution in [0.1, 0.15) is 77.6 Å². The number of unbranched alkanes of at least 4 members (excludes halogenated alkanes) is 10. The van der Waals surface area contributed by atoms with Gasteiger partial charge in [-0.15, -0.1) is 0 Å². The van der Waals surface area contributed by atoms with Crippen LogP contribution in [0.25, 0.3) is 0 Å². The second kappa shape index (κ2) is 15.2. The molecule has 2 atom stereocenters. The fourth-order valence-electron chi connectivity index (χ4n) is 2.17. The number of hydrogen-bond donors (Lipinski definition) is 3. The van der Waals surface area contributed by atoms with Gasteiger partial charge < -0.3 is 20.1 Å².